The number of nitrogens with zero attached hydrogens (tertiary/aromatic N) is 2. The molecular weight excluding hydrogens is 336 g/mol. The van der Waals surface area contributed by atoms with Gasteiger partial charge >= 0.3 is 5.97 Å². The Morgan fingerprint density at radius 3 is 2.92 bits per heavy atom. The highest BCUT2D eigenvalue weighted by molar-refractivity contribution is 5.87. The van der Waals surface area contributed by atoms with Crippen molar-refractivity contribution in [2.24, 2.45) is 0 Å². The molecule has 2 heterocycles. The Bertz CT molecular complexity index is 905. The number of pyridine rings is 1. The average Bonchev–Trinajstić information content (AvgIpc) is 2.60. The summed E-state index contributed by atoms with van der Waals surface area (Å²) in [5, 5.41) is 20.0. The molecule has 1 aromatic carbocycles. The molecule has 0 unspecified atom stereocenters. The van der Waals surface area contributed by atoms with E-state index >= 15 is 0 Å². The first-order valence-electron chi connectivity index (χ1n) is 7.05. The van der Waals surface area contributed by atoms with Gasteiger partial charge in [0, 0.05) is 29.3 Å². The first-order valence-corrected chi connectivity index (χ1v) is 7.05. The lowest BCUT2D eigenvalue weighted by Gasteiger charge is -2.20. The molecule has 1 aliphatic heterocycles. The van der Waals surface area contributed by atoms with Crippen molar-refractivity contribution in [3.05, 3.63) is 67.6 Å². The van der Waals surface area contributed by atoms with Gasteiger partial charge in [0.15, 0.2) is 6.79 Å². The van der Waals surface area contributed by atoms with Crippen molar-refractivity contribution in [2.75, 3.05) is 6.79 Å². The fourth-order valence-electron chi connectivity index (χ4n) is 2.33. The van der Waals surface area contributed by atoms with Crippen molar-refractivity contribution in [3.63, 3.8) is 0 Å². The Morgan fingerprint density at radius 2 is 2.20 bits per heavy atom. The number of fused-ring (bicyclic) bond motifs is 1. The van der Waals surface area contributed by atoms with E-state index in [9.17, 15) is 19.7 Å². The molecule has 0 atom stereocenters. The normalized spacial score (nSPS) is 12.8. The molecule has 0 radical (unpaired) electrons. The predicted octanol–water partition coefficient (Wildman–Crippen LogP) is 0.950. The van der Waals surface area contributed by atoms with Gasteiger partial charge in [-0.25, -0.2) is 4.79 Å². The molecule has 130 valence electrons. The topological polar surface area (TPSA) is 130 Å². The van der Waals surface area contributed by atoms with Crippen LogP contribution in [0.4, 0.5) is 5.69 Å². The number of carboxylic acids is 1. The third-order valence-corrected chi connectivity index (χ3v) is 3.47. The molecule has 1 aromatic heterocycles. The second-order valence-corrected chi connectivity index (χ2v) is 5.12. The summed E-state index contributed by atoms with van der Waals surface area (Å²) in [6.07, 6.45) is 1.03. The van der Waals surface area contributed by atoms with E-state index in [1.165, 1.54) is 12.1 Å². The van der Waals surface area contributed by atoms with E-state index in [0.717, 1.165) is 23.1 Å². The van der Waals surface area contributed by atoms with Gasteiger partial charge in [-0.15, -0.1) is 0 Å². The van der Waals surface area contributed by atoms with E-state index in [0.29, 0.717) is 16.9 Å². The number of aromatic nitrogens is 1. The van der Waals surface area contributed by atoms with Crippen molar-refractivity contribution < 1.29 is 29.1 Å². The number of rotatable bonds is 5. The predicted molar refractivity (Wildman–Crippen MR) is 81.3 cm³/mol. The minimum Gasteiger partial charge on any atom is -0.478 e. The first kappa shape index (κ1) is 16.5. The van der Waals surface area contributed by atoms with E-state index in [1.807, 2.05) is 0 Å². The number of carbonyl (C=O) groups is 1. The second-order valence-electron chi connectivity index (χ2n) is 5.12. The van der Waals surface area contributed by atoms with Gasteiger partial charge in [-0.3, -0.25) is 14.9 Å². The molecule has 2 aromatic rings. The van der Waals surface area contributed by atoms with Crippen molar-refractivity contribution in [2.45, 2.75) is 13.2 Å². The van der Waals surface area contributed by atoms with E-state index in [4.69, 9.17) is 19.4 Å². The quantitative estimate of drug-likeness (QED) is 0.624. The maximum Gasteiger partial charge on any atom is 0.337 e. The summed E-state index contributed by atoms with van der Waals surface area (Å²) >= 11 is 0. The fraction of sp³-hybridized carbons (Fsp3) is 0.200. The Labute approximate surface area is 139 Å². The van der Waals surface area contributed by atoms with Gasteiger partial charge in [0.25, 0.3) is 11.2 Å². The Morgan fingerprint density at radius 1 is 1.40 bits per heavy atom. The third-order valence-electron chi connectivity index (χ3n) is 3.47. The molecule has 3 rings (SSSR count). The summed E-state index contributed by atoms with van der Waals surface area (Å²) in [7, 11) is 0. The van der Waals surface area contributed by atoms with Crippen molar-refractivity contribution in [1.82, 2.24) is 4.73 Å². The molecule has 1 aliphatic rings. The Hall–Kier alpha value is -3.40. The number of carboxylic acid groups (broad SMARTS) is 1. The standard InChI is InChI=1S/C15H12N2O8/c18-13-2-1-9(15(19)20)5-16(13)25-7-11-4-12(17(21)22)3-10-6-23-8-24-14(10)11/h1-5H,6-8H2,(H,19,20). The summed E-state index contributed by atoms with van der Waals surface area (Å²) < 4.78 is 11.2. The Balaban J connectivity index is 1.92. The van der Waals surface area contributed by atoms with Crippen LogP contribution in [-0.4, -0.2) is 27.5 Å². The number of nitro benzene ring substituents is 1. The molecule has 25 heavy (non-hydrogen) atoms. The lowest BCUT2D eigenvalue weighted by molar-refractivity contribution is -0.385. The maximum atomic E-state index is 11.8. The molecule has 10 heteroatoms. The van der Waals surface area contributed by atoms with Crippen LogP contribution in [0.2, 0.25) is 0 Å². The lowest BCUT2D eigenvalue weighted by Crippen LogP contribution is -2.27. The number of hydrogen-bond donors (Lipinski definition) is 1. The SMILES string of the molecule is O=C(O)c1ccc(=O)n(OCc2cc([N+](=O)[O-])cc3c2OCOC3)c1. The zero-order valence-electron chi connectivity index (χ0n) is 12.7. The van der Waals surface area contributed by atoms with Crippen LogP contribution in [0.5, 0.6) is 5.75 Å². The van der Waals surface area contributed by atoms with Gasteiger partial charge in [-0.1, -0.05) is 0 Å². The van der Waals surface area contributed by atoms with Crippen LogP contribution < -0.4 is 15.1 Å². The number of non-ortho nitro benzene ring substituents is 1. The number of hydrogen-bond acceptors (Lipinski definition) is 7. The summed E-state index contributed by atoms with van der Waals surface area (Å²) in [5.41, 5.74) is -0.0391. The second kappa shape index (κ2) is 6.61. The van der Waals surface area contributed by atoms with Gasteiger partial charge in [-0.05, 0) is 6.07 Å². The fourth-order valence-corrected chi connectivity index (χ4v) is 2.33. The first-order chi connectivity index (χ1) is 12.0. The average molecular weight is 348 g/mol. The molecule has 0 aliphatic carbocycles. The van der Waals surface area contributed by atoms with Gasteiger partial charge in [0.05, 0.1) is 23.3 Å². The minimum atomic E-state index is -1.22. The highest BCUT2D eigenvalue weighted by Crippen LogP contribution is 2.32. The lowest BCUT2D eigenvalue weighted by atomic mass is 10.1. The molecular formula is C15H12N2O8. The molecule has 0 saturated carbocycles. The molecule has 0 saturated heterocycles. The number of nitro groups is 1. The van der Waals surface area contributed by atoms with Crippen LogP contribution in [0.15, 0.2) is 35.3 Å². The molecule has 0 bridgehead atoms. The van der Waals surface area contributed by atoms with Crippen LogP contribution in [0, 0.1) is 10.1 Å². The van der Waals surface area contributed by atoms with Crippen molar-refractivity contribution in [3.8, 4) is 5.75 Å². The van der Waals surface area contributed by atoms with E-state index in [-0.39, 0.29) is 31.3 Å². The number of benzene rings is 1. The van der Waals surface area contributed by atoms with Gasteiger partial charge in [-0.2, -0.15) is 4.73 Å². The molecule has 0 fully saturated rings. The van der Waals surface area contributed by atoms with Crippen LogP contribution in [0.25, 0.3) is 0 Å². The molecule has 1 N–H and O–H groups in total. The maximum absolute atomic E-state index is 11.8. The van der Waals surface area contributed by atoms with E-state index in [2.05, 4.69) is 0 Å². The van der Waals surface area contributed by atoms with E-state index < -0.39 is 16.5 Å². The highest BCUT2D eigenvalue weighted by atomic mass is 16.7. The third kappa shape index (κ3) is 3.43. The summed E-state index contributed by atoms with van der Waals surface area (Å²) in [5.74, 6) is -0.829. The zero-order chi connectivity index (χ0) is 18.0. The number of ether oxygens (including phenoxy) is 2. The van der Waals surface area contributed by atoms with E-state index in [1.54, 1.807) is 0 Å². The largest absolute Gasteiger partial charge is 0.478 e. The monoisotopic (exact) mass is 348 g/mol. The zero-order valence-corrected chi connectivity index (χ0v) is 12.7. The van der Waals surface area contributed by atoms with Crippen LogP contribution in [0.3, 0.4) is 0 Å². The van der Waals surface area contributed by atoms with Crippen LogP contribution >= 0.6 is 0 Å². The van der Waals surface area contributed by atoms with Gasteiger partial charge in [0.2, 0.25) is 0 Å². The molecule has 0 spiro atoms. The summed E-state index contributed by atoms with van der Waals surface area (Å²) in [6.45, 7) is -0.0856. The molecule has 0 amide bonds. The molecule has 10 nitrogen and oxygen atoms in total. The Kier molecular flexibility index (Phi) is 4.35. The minimum absolute atomic E-state index is 0.00768. The van der Waals surface area contributed by atoms with Crippen LogP contribution in [-0.2, 0) is 18.0 Å². The number of aromatic carboxylic acids is 1. The van der Waals surface area contributed by atoms with Gasteiger partial charge in [0.1, 0.15) is 12.4 Å². The smallest absolute Gasteiger partial charge is 0.337 e. The van der Waals surface area contributed by atoms with Crippen molar-refractivity contribution >= 4 is 11.7 Å². The van der Waals surface area contributed by atoms with Crippen LogP contribution in [0.1, 0.15) is 21.5 Å². The van der Waals surface area contributed by atoms with Gasteiger partial charge < -0.3 is 19.4 Å². The highest BCUT2D eigenvalue weighted by Gasteiger charge is 2.21. The summed E-state index contributed by atoms with van der Waals surface area (Å²) in [4.78, 5) is 38.5. The summed E-state index contributed by atoms with van der Waals surface area (Å²) in [6, 6.07) is 4.82. The van der Waals surface area contributed by atoms with Crippen molar-refractivity contribution in [1.29, 1.82) is 0 Å².